The predicted molar refractivity (Wildman–Crippen MR) is 98.9 cm³/mol. The largest absolute Gasteiger partial charge is 0.345 e. The van der Waals surface area contributed by atoms with Crippen molar-refractivity contribution < 1.29 is 9.18 Å². The van der Waals surface area contributed by atoms with Gasteiger partial charge >= 0.3 is 0 Å². The second kappa shape index (κ2) is 8.40. The zero-order valence-electron chi connectivity index (χ0n) is 13.2. The van der Waals surface area contributed by atoms with Crippen LogP contribution < -0.4 is 5.32 Å². The van der Waals surface area contributed by atoms with Crippen LogP contribution in [-0.4, -0.2) is 31.4 Å². The van der Waals surface area contributed by atoms with Gasteiger partial charge in [-0.05, 0) is 85.5 Å². The van der Waals surface area contributed by atoms with Gasteiger partial charge < -0.3 is 10.2 Å². The van der Waals surface area contributed by atoms with Gasteiger partial charge in [-0.25, -0.2) is 4.39 Å². The van der Waals surface area contributed by atoms with Crippen molar-refractivity contribution in [3.8, 4) is 0 Å². The van der Waals surface area contributed by atoms with Gasteiger partial charge in [-0.15, -0.1) is 0 Å². The Morgan fingerprint density at radius 2 is 1.91 bits per heavy atom. The molecule has 0 aliphatic carbocycles. The molecule has 23 heavy (non-hydrogen) atoms. The minimum atomic E-state index is -0.274. The molecule has 2 aromatic carbocycles. The quantitative estimate of drug-likeness (QED) is 0.712. The van der Waals surface area contributed by atoms with Gasteiger partial charge in [0, 0.05) is 9.13 Å². The monoisotopic (exact) mass is 426 g/mol. The molecule has 122 valence electrons. The van der Waals surface area contributed by atoms with E-state index in [9.17, 15) is 9.18 Å². The van der Waals surface area contributed by atoms with Crippen LogP contribution in [0.2, 0.25) is 0 Å². The van der Waals surface area contributed by atoms with Gasteiger partial charge in [-0.2, -0.15) is 0 Å². The molecule has 5 heteroatoms. The number of benzene rings is 2. The molecule has 0 fully saturated rings. The maximum Gasteiger partial charge on any atom is 0.251 e. The number of nitrogens with zero attached hydrogens (tertiary/aromatic N) is 1. The zero-order chi connectivity index (χ0) is 16.8. The summed E-state index contributed by atoms with van der Waals surface area (Å²) in [6.07, 6.45) is 0.758. The Labute approximate surface area is 150 Å². The lowest BCUT2D eigenvalue weighted by Crippen LogP contribution is -2.31. The summed E-state index contributed by atoms with van der Waals surface area (Å²) in [6, 6.07) is 13.6. The molecule has 0 saturated carbocycles. The molecule has 0 aliphatic rings. The molecular formula is C18H20FIN2O. The van der Waals surface area contributed by atoms with E-state index in [1.165, 1.54) is 12.1 Å². The number of halogens is 2. The SMILES string of the molecule is CN(C)CCC(NC(=O)c1cccc(I)c1)c1ccc(F)cc1. The van der Waals surface area contributed by atoms with Crippen LogP contribution in [0.4, 0.5) is 4.39 Å². The second-order valence-electron chi connectivity index (χ2n) is 5.68. The highest BCUT2D eigenvalue weighted by atomic mass is 127. The summed E-state index contributed by atoms with van der Waals surface area (Å²) in [7, 11) is 3.98. The molecule has 1 unspecified atom stereocenters. The molecule has 1 amide bonds. The molecule has 0 radical (unpaired) electrons. The fourth-order valence-electron chi connectivity index (χ4n) is 2.28. The molecule has 0 heterocycles. The van der Waals surface area contributed by atoms with Crippen LogP contribution in [-0.2, 0) is 0 Å². The van der Waals surface area contributed by atoms with Gasteiger partial charge in [0.05, 0.1) is 6.04 Å². The van der Waals surface area contributed by atoms with Crippen molar-refractivity contribution in [2.24, 2.45) is 0 Å². The first kappa shape index (κ1) is 17.9. The first-order valence-electron chi connectivity index (χ1n) is 7.42. The minimum Gasteiger partial charge on any atom is -0.345 e. The Morgan fingerprint density at radius 1 is 1.22 bits per heavy atom. The summed E-state index contributed by atoms with van der Waals surface area (Å²) < 4.78 is 14.2. The third kappa shape index (κ3) is 5.58. The number of carbonyl (C=O) groups excluding carboxylic acids is 1. The highest BCUT2D eigenvalue weighted by molar-refractivity contribution is 14.1. The smallest absolute Gasteiger partial charge is 0.251 e. The maximum atomic E-state index is 13.1. The van der Waals surface area contributed by atoms with Crippen LogP contribution in [0.5, 0.6) is 0 Å². The van der Waals surface area contributed by atoms with Crippen LogP contribution in [0.3, 0.4) is 0 Å². The Morgan fingerprint density at radius 3 is 2.52 bits per heavy atom. The average molecular weight is 426 g/mol. The molecule has 0 aromatic heterocycles. The van der Waals surface area contributed by atoms with E-state index in [2.05, 4.69) is 32.8 Å². The van der Waals surface area contributed by atoms with Crippen molar-refractivity contribution in [1.82, 2.24) is 10.2 Å². The van der Waals surface area contributed by atoms with E-state index in [-0.39, 0.29) is 17.8 Å². The number of nitrogens with one attached hydrogen (secondary N) is 1. The van der Waals surface area contributed by atoms with Gasteiger partial charge in [0.2, 0.25) is 0 Å². The van der Waals surface area contributed by atoms with Crippen LogP contribution in [0.25, 0.3) is 0 Å². The number of rotatable bonds is 6. The summed E-state index contributed by atoms with van der Waals surface area (Å²) in [5.41, 5.74) is 1.54. The summed E-state index contributed by atoms with van der Waals surface area (Å²) in [6.45, 7) is 0.828. The van der Waals surface area contributed by atoms with Gasteiger partial charge in [-0.1, -0.05) is 18.2 Å². The van der Waals surface area contributed by atoms with Crippen LogP contribution in [0.1, 0.15) is 28.4 Å². The number of hydrogen-bond donors (Lipinski definition) is 1. The van der Waals surface area contributed by atoms with Crippen molar-refractivity contribution in [3.63, 3.8) is 0 Å². The fourth-order valence-corrected chi connectivity index (χ4v) is 2.82. The first-order chi connectivity index (χ1) is 11.0. The van der Waals surface area contributed by atoms with E-state index in [0.717, 1.165) is 22.1 Å². The van der Waals surface area contributed by atoms with Gasteiger partial charge in [0.1, 0.15) is 5.82 Å². The third-order valence-electron chi connectivity index (χ3n) is 3.53. The highest BCUT2D eigenvalue weighted by Crippen LogP contribution is 2.19. The second-order valence-corrected chi connectivity index (χ2v) is 6.93. The highest BCUT2D eigenvalue weighted by Gasteiger charge is 2.16. The first-order valence-corrected chi connectivity index (χ1v) is 8.50. The zero-order valence-corrected chi connectivity index (χ0v) is 15.4. The van der Waals surface area contributed by atoms with Crippen LogP contribution >= 0.6 is 22.6 Å². The van der Waals surface area contributed by atoms with E-state index < -0.39 is 0 Å². The molecule has 1 N–H and O–H groups in total. The Bertz CT molecular complexity index is 658. The van der Waals surface area contributed by atoms with E-state index >= 15 is 0 Å². The van der Waals surface area contributed by atoms with Gasteiger partial charge in [-0.3, -0.25) is 4.79 Å². The Kier molecular flexibility index (Phi) is 6.53. The number of carbonyl (C=O) groups is 1. The summed E-state index contributed by atoms with van der Waals surface area (Å²) in [5.74, 6) is -0.388. The van der Waals surface area contributed by atoms with E-state index in [1.807, 2.05) is 32.3 Å². The van der Waals surface area contributed by atoms with E-state index in [4.69, 9.17) is 0 Å². The summed E-state index contributed by atoms with van der Waals surface area (Å²) >= 11 is 2.18. The van der Waals surface area contributed by atoms with Crippen molar-refractivity contribution in [2.45, 2.75) is 12.5 Å². The summed E-state index contributed by atoms with van der Waals surface area (Å²) in [5, 5.41) is 3.06. The van der Waals surface area contributed by atoms with E-state index in [1.54, 1.807) is 18.2 Å². The van der Waals surface area contributed by atoms with Crippen molar-refractivity contribution >= 4 is 28.5 Å². The van der Waals surface area contributed by atoms with Crippen molar-refractivity contribution in [2.75, 3.05) is 20.6 Å². The third-order valence-corrected chi connectivity index (χ3v) is 4.20. The fraction of sp³-hybridized carbons (Fsp3) is 0.278. The maximum absolute atomic E-state index is 13.1. The molecule has 0 spiro atoms. The normalized spacial score (nSPS) is 12.2. The van der Waals surface area contributed by atoms with Gasteiger partial charge in [0.15, 0.2) is 0 Å². The Hall–Kier alpha value is -1.47. The number of hydrogen-bond acceptors (Lipinski definition) is 2. The van der Waals surface area contributed by atoms with Crippen LogP contribution in [0.15, 0.2) is 48.5 Å². The van der Waals surface area contributed by atoms with Crippen LogP contribution in [0, 0.1) is 9.39 Å². The molecule has 0 aliphatic heterocycles. The van der Waals surface area contributed by atoms with E-state index in [0.29, 0.717) is 5.56 Å². The molecule has 2 aromatic rings. The predicted octanol–water partition coefficient (Wildman–Crippen LogP) is 3.85. The van der Waals surface area contributed by atoms with Crippen molar-refractivity contribution in [1.29, 1.82) is 0 Å². The molecule has 0 saturated heterocycles. The molecular weight excluding hydrogens is 406 g/mol. The summed E-state index contributed by atoms with van der Waals surface area (Å²) in [4.78, 5) is 14.6. The Balaban J connectivity index is 2.16. The van der Waals surface area contributed by atoms with Crippen molar-refractivity contribution in [3.05, 3.63) is 69.0 Å². The molecule has 3 nitrogen and oxygen atoms in total. The lowest BCUT2D eigenvalue weighted by molar-refractivity contribution is 0.0932. The average Bonchev–Trinajstić information content (AvgIpc) is 2.52. The molecule has 1 atom stereocenters. The molecule has 2 rings (SSSR count). The topological polar surface area (TPSA) is 32.3 Å². The number of amides is 1. The minimum absolute atomic E-state index is 0.114. The lowest BCUT2D eigenvalue weighted by atomic mass is 10.0. The lowest BCUT2D eigenvalue weighted by Gasteiger charge is -2.21. The molecule has 0 bridgehead atoms. The van der Waals surface area contributed by atoms with Gasteiger partial charge in [0.25, 0.3) is 5.91 Å². The standard InChI is InChI=1S/C18H20FIN2O/c1-22(2)11-10-17(13-6-8-15(19)9-7-13)21-18(23)14-4-3-5-16(20)12-14/h3-9,12,17H,10-11H2,1-2H3,(H,21,23).